The zero-order valence-corrected chi connectivity index (χ0v) is 20.3. The summed E-state index contributed by atoms with van der Waals surface area (Å²) >= 11 is 12.2. The first-order valence-corrected chi connectivity index (χ1v) is 11.4. The summed E-state index contributed by atoms with van der Waals surface area (Å²) in [4.78, 5) is 28.0. The Morgan fingerprint density at radius 2 is 1.85 bits per heavy atom. The maximum absolute atomic E-state index is 13.6. The Morgan fingerprint density at radius 3 is 2.50 bits per heavy atom. The van der Waals surface area contributed by atoms with Crippen molar-refractivity contribution in [2.24, 2.45) is 0 Å². The van der Waals surface area contributed by atoms with E-state index in [1.54, 1.807) is 36.4 Å². The van der Waals surface area contributed by atoms with Crippen LogP contribution in [0.5, 0.6) is 5.75 Å². The van der Waals surface area contributed by atoms with Crippen molar-refractivity contribution >= 4 is 45.9 Å². The monoisotopic (exact) mass is 503 g/mol. The maximum Gasteiger partial charge on any atom is 0.290 e. The molecule has 1 N–H and O–H groups in total. The lowest BCUT2D eigenvalue weighted by Crippen LogP contribution is -2.34. The Balaban J connectivity index is 1.77. The molecule has 2 aromatic carbocycles. The van der Waals surface area contributed by atoms with Gasteiger partial charge in [0.2, 0.25) is 5.78 Å². The van der Waals surface area contributed by atoms with E-state index in [4.69, 9.17) is 37.1 Å². The van der Waals surface area contributed by atoms with Gasteiger partial charge in [-0.25, -0.2) is 0 Å². The molecule has 4 rings (SSSR count). The number of aliphatic hydroxyl groups excluding tert-OH is 1. The topological polar surface area (TPSA) is 89.2 Å². The number of fused-ring (bicyclic) bond motifs is 1. The molecule has 1 aliphatic rings. The van der Waals surface area contributed by atoms with E-state index in [-0.39, 0.29) is 30.6 Å². The number of carbonyl (C=O) groups is 2. The molecule has 1 atom stereocenters. The van der Waals surface area contributed by atoms with E-state index >= 15 is 0 Å². The SMILES string of the molecule is COc1cc(Cl)cc2cc(C(=O)C3=C(O)C(=O)N(CCOC(C)C)C3c3ccc(Cl)cc3)oc12. The third-order valence-electron chi connectivity index (χ3n) is 5.51. The van der Waals surface area contributed by atoms with Gasteiger partial charge in [0.15, 0.2) is 22.9 Å². The van der Waals surface area contributed by atoms with Gasteiger partial charge in [0, 0.05) is 28.0 Å². The average Bonchev–Trinajstić information content (AvgIpc) is 3.33. The standard InChI is InChI=1S/C25H23Cl2NO6/c1-13(2)33-9-8-28-21(14-4-6-16(26)7-5-14)20(23(30)25(28)31)22(29)18-11-15-10-17(27)12-19(32-3)24(15)34-18/h4-7,10-13,21,30H,8-9H2,1-3H3. The lowest BCUT2D eigenvalue weighted by atomic mass is 9.95. The fraction of sp³-hybridized carbons (Fsp3) is 0.280. The maximum atomic E-state index is 13.6. The summed E-state index contributed by atoms with van der Waals surface area (Å²) in [5, 5.41) is 12.3. The first-order valence-electron chi connectivity index (χ1n) is 10.6. The van der Waals surface area contributed by atoms with E-state index in [9.17, 15) is 14.7 Å². The highest BCUT2D eigenvalue weighted by molar-refractivity contribution is 6.31. The van der Waals surface area contributed by atoms with E-state index in [0.29, 0.717) is 32.3 Å². The van der Waals surface area contributed by atoms with Crippen molar-refractivity contribution < 1.29 is 28.6 Å². The Labute approximate surface area is 206 Å². The largest absolute Gasteiger partial charge is 0.503 e. The molecule has 2 heterocycles. The molecule has 9 heteroatoms. The fourth-order valence-electron chi connectivity index (χ4n) is 3.98. The van der Waals surface area contributed by atoms with Crippen molar-refractivity contribution in [1.82, 2.24) is 4.90 Å². The van der Waals surface area contributed by atoms with E-state index in [1.165, 1.54) is 18.1 Å². The number of methoxy groups -OCH3 is 1. The highest BCUT2D eigenvalue weighted by atomic mass is 35.5. The van der Waals surface area contributed by atoms with E-state index in [2.05, 4.69) is 0 Å². The number of Topliss-reactive ketones (excluding diaryl/α,β-unsaturated/α-hetero) is 1. The number of aliphatic hydroxyl groups is 1. The molecule has 0 bridgehead atoms. The molecular weight excluding hydrogens is 481 g/mol. The molecule has 0 saturated heterocycles. The van der Waals surface area contributed by atoms with Crippen molar-refractivity contribution in [2.75, 3.05) is 20.3 Å². The molecule has 0 saturated carbocycles. The minimum absolute atomic E-state index is 0.0355. The second-order valence-electron chi connectivity index (χ2n) is 8.10. The van der Waals surface area contributed by atoms with Crippen LogP contribution in [0.25, 0.3) is 11.0 Å². The fourth-order valence-corrected chi connectivity index (χ4v) is 4.32. The van der Waals surface area contributed by atoms with Gasteiger partial charge in [0.05, 0.1) is 31.4 Å². The molecule has 34 heavy (non-hydrogen) atoms. The summed E-state index contributed by atoms with van der Waals surface area (Å²) in [6.07, 6.45) is -0.0355. The summed E-state index contributed by atoms with van der Waals surface area (Å²) in [6, 6.07) is 10.6. The van der Waals surface area contributed by atoms with Gasteiger partial charge in [-0.1, -0.05) is 35.3 Å². The van der Waals surface area contributed by atoms with Crippen LogP contribution in [0.3, 0.4) is 0 Å². The summed E-state index contributed by atoms with van der Waals surface area (Å²) in [7, 11) is 1.47. The Hall–Kier alpha value is -3.00. The molecule has 3 aromatic rings. The first kappa shape index (κ1) is 24.1. The lowest BCUT2D eigenvalue weighted by molar-refractivity contribution is -0.130. The predicted molar refractivity (Wildman–Crippen MR) is 129 cm³/mol. The number of halogens is 2. The number of furan rings is 1. The number of amides is 1. The lowest BCUT2D eigenvalue weighted by Gasteiger charge is -2.27. The first-order chi connectivity index (χ1) is 16.2. The molecule has 0 spiro atoms. The molecule has 1 amide bonds. The number of ether oxygens (including phenoxy) is 2. The van der Waals surface area contributed by atoms with Crippen LogP contribution in [-0.4, -0.2) is 48.1 Å². The van der Waals surface area contributed by atoms with Crippen LogP contribution in [-0.2, 0) is 9.53 Å². The minimum atomic E-state index is -0.841. The number of ketones is 1. The van der Waals surface area contributed by atoms with E-state index < -0.39 is 23.5 Å². The van der Waals surface area contributed by atoms with Crippen LogP contribution >= 0.6 is 23.2 Å². The molecule has 0 fully saturated rings. The molecular formula is C25H23Cl2NO6. The van der Waals surface area contributed by atoms with Gasteiger partial charge in [-0.05, 0) is 43.7 Å². The van der Waals surface area contributed by atoms with Gasteiger partial charge in [0.1, 0.15) is 0 Å². The number of rotatable bonds is 8. The Morgan fingerprint density at radius 1 is 1.15 bits per heavy atom. The third-order valence-corrected chi connectivity index (χ3v) is 5.98. The summed E-state index contributed by atoms with van der Waals surface area (Å²) in [5.41, 5.74) is 0.873. The molecule has 1 aliphatic heterocycles. The van der Waals surface area contributed by atoms with Gasteiger partial charge in [0.25, 0.3) is 5.91 Å². The van der Waals surface area contributed by atoms with Crippen LogP contribution in [0.15, 0.2) is 58.2 Å². The molecule has 1 unspecified atom stereocenters. The predicted octanol–water partition coefficient (Wildman–Crippen LogP) is 5.75. The normalized spacial score (nSPS) is 16.2. The van der Waals surface area contributed by atoms with Crippen LogP contribution in [0.1, 0.15) is 36.0 Å². The van der Waals surface area contributed by atoms with Gasteiger partial charge in [-0.3, -0.25) is 9.59 Å². The summed E-state index contributed by atoms with van der Waals surface area (Å²) < 4.78 is 16.7. The van der Waals surface area contributed by atoms with Crippen molar-refractivity contribution in [3.63, 3.8) is 0 Å². The van der Waals surface area contributed by atoms with Gasteiger partial charge >= 0.3 is 0 Å². The zero-order chi connectivity index (χ0) is 24.6. The average molecular weight is 504 g/mol. The van der Waals surface area contributed by atoms with Crippen LogP contribution in [0, 0.1) is 0 Å². The Kier molecular flexibility index (Phi) is 6.89. The molecule has 1 aromatic heterocycles. The van der Waals surface area contributed by atoms with E-state index in [0.717, 1.165) is 0 Å². The minimum Gasteiger partial charge on any atom is -0.503 e. The highest BCUT2D eigenvalue weighted by Gasteiger charge is 2.44. The van der Waals surface area contributed by atoms with Crippen molar-refractivity contribution in [3.8, 4) is 5.75 Å². The van der Waals surface area contributed by atoms with Crippen LogP contribution in [0.2, 0.25) is 10.0 Å². The van der Waals surface area contributed by atoms with Gasteiger partial charge in [-0.15, -0.1) is 0 Å². The molecule has 0 aliphatic carbocycles. The second kappa shape index (κ2) is 9.70. The summed E-state index contributed by atoms with van der Waals surface area (Å²) in [5.74, 6) is -1.59. The van der Waals surface area contributed by atoms with Crippen LogP contribution in [0.4, 0.5) is 0 Å². The van der Waals surface area contributed by atoms with Gasteiger partial charge < -0.3 is 23.9 Å². The van der Waals surface area contributed by atoms with Crippen LogP contribution < -0.4 is 4.74 Å². The molecule has 178 valence electrons. The second-order valence-corrected chi connectivity index (χ2v) is 8.97. The van der Waals surface area contributed by atoms with Crippen molar-refractivity contribution in [3.05, 3.63) is 75.2 Å². The van der Waals surface area contributed by atoms with Gasteiger partial charge in [-0.2, -0.15) is 0 Å². The summed E-state index contributed by atoms with van der Waals surface area (Å²) in [6.45, 7) is 4.18. The quantitative estimate of drug-likeness (QED) is 0.393. The van der Waals surface area contributed by atoms with Crippen molar-refractivity contribution in [1.29, 1.82) is 0 Å². The number of nitrogens with zero attached hydrogens (tertiary/aromatic N) is 1. The number of carbonyl (C=O) groups excluding carboxylic acids is 2. The number of hydrogen-bond donors (Lipinski definition) is 1. The third kappa shape index (κ3) is 4.51. The van der Waals surface area contributed by atoms with E-state index in [1.807, 2.05) is 13.8 Å². The smallest absolute Gasteiger partial charge is 0.290 e. The number of hydrogen-bond acceptors (Lipinski definition) is 6. The number of benzene rings is 2. The molecule has 7 nitrogen and oxygen atoms in total. The zero-order valence-electron chi connectivity index (χ0n) is 18.8. The van der Waals surface area contributed by atoms with Crippen molar-refractivity contribution in [2.45, 2.75) is 26.0 Å². The Bertz CT molecular complexity index is 1280. The highest BCUT2D eigenvalue weighted by Crippen LogP contribution is 2.40. The molecule has 0 radical (unpaired) electrons.